The number of fused-ring (bicyclic) bond motifs is 1. The predicted octanol–water partition coefficient (Wildman–Crippen LogP) is 5.01. The standard InChI is InChI=1S/C25H29FN2O4/c1-6-18(7-2)28-14-21(24(29)27-15(3)16-8-10-17(26)11-9-16)19-12-22(31-4)23(32-5)13-20(19)25(28)30/h8-15,18H,6-7H2,1-5H3,(H,27,29)/t15-/m1/s1. The summed E-state index contributed by atoms with van der Waals surface area (Å²) in [5, 5.41) is 3.83. The lowest BCUT2D eigenvalue weighted by atomic mass is 10.0. The Morgan fingerprint density at radius 2 is 1.59 bits per heavy atom. The smallest absolute Gasteiger partial charge is 0.258 e. The minimum Gasteiger partial charge on any atom is -0.493 e. The van der Waals surface area contributed by atoms with Crippen LogP contribution in [0.25, 0.3) is 10.8 Å². The van der Waals surface area contributed by atoms with Crippen LogP contribution in [0.15, 0.2) is 47.4 Å². The van der Waals surface area contributed by atoms with E-state index in [9.17, 15) is 14.0 Å². The molecular weight excluding hydrogens is 411 g/mol. The molecule has 1 N–H and O–H groups in total. The highest BCUT2D eigenvalue weighted by molar-refractivity contribution is 6.07. The van der Waals surface area contributed by atoms with Crippen LogP contribution in [-0.2, 0) is 0 Å². The van der Waals surface area contributed by atoms with Gasteiger partial charge >= 0.3 is 0 Å². The Morgan fingerprint density at radius 1 is 1.03 bits per heavy atom. The highest BCUT2D eigenvalue weighted by Gasteiger charge is 2.21. The van der Waals surface area contributed by atoms with E-state index in [0.29, 0.717) is 27.8 Å². The number of rotatable bonds is 8. The number of hydrogen-bond acceptors (Lipinski definition) is 4. The number of halogens is 1. The summed E-state index contributed by atoms with van der Waals surface area (Å²) in [6.45, 7) is 5.85. The molecule has 0 spiro atoms. The van der Waals surface area contributed by atoms with Gasteiger partial charge in [-0.3, -0.25) is 9.59 Å². The molecule has 0 saturated carbocycles. The molecule has 0 bridgehead atoms. The second-order valence-corrected chi connectivity index (χ2v) is 7.72. The van der Waals surface area contributed by atoms with Crippen molar-refractivity contribution in [2.75, 3.05) is 14.2 Å². The first-order chi connectivity index (χ1) is 15.3. The Kier molecular flexibility index (Phi) is 7.18. The van der Waals surface area contributed by atoms with Gasteiger partial charge in [0.05, 0.1) is 31.2 Å². The van der Waals surface area contributed by atoms with Crippen molar-refractivity contribution in [3.8, 4) is 11.5 Å². The van der Waals surface area contributed by atoms with Crippen molar-refractivity contribution in [1.82, 2.24) is 9.88 Å². The molecular formula is C25H29FN2O4. The molecule has 3 rings (SSSR count). The maximum absolute atomic E-state index is 13.4. The Morgan fingerprint density at radius 3 is 2.12 bits per heavy atom. The van der Waals surface area contributed by atoms with Gasteiger partial charge in [-0.2, -0.15) is 0 Å². The molecule has 0 aliphatic rings. The minimum atomic E-state index is -0.355. The van der Waals surface area contributed by atoms with E-state index in [-0.39, 0.29) is 29.4 Å². The molecule has 2 aromatic carbocycles. The fourth-order valence-electron chi connectivity index (χ4n) is 3.93. The van der Waals surface area contributed by atoms with Crippen molar-refractivity contribution in [1.29, 1.82) is 0 Å². The molecule has 170 valence electrons. The first-order valence-corrected chi connectivity index (χ1v) is 10.7. The van der Waals surface area contributed by atoms with Crippen LogP contribution < -0.4 is 20.3 Å². The molecule has 6 nitrogen and oxygen atoms in total. The van der Waals surface area contributed by atoms with Crippen LogP contribution in [0.2, 0.25) is 0 Å². The van der Waals surface area contributed by atoms with Crippen LogP contribution in [0, 0.1) is 5.82 Å². The van der Waals surface area contributed by atoms with Gasteiger partial charge in [0.2, 0.25) is 0 Å². The van der Waals surface area contributed by atoms with Crippen LogP contribution >= 0.6 is 0 Å². The van der Waals surface area contributed by atoms with Gasteiger partial charge in [0.25, 0.3) is 11.5 Å². The largest absolute Gasteiger partial charge is 0.493 e. The van der Waals surface area contributed by atoms with E-state index in [1.165, 1.54) is 26.4 Å². The fraction of sp³-hybridized carbons (Fsp3) is 0.360. The zero-order chi connectivity index (χ0) is 23.4. The third kappa shape index (κ3) is 4.47. The number of carbonyl (C=O) groups is 1. The number of aromatic nitrogens is 1. The Labute approximate surface area is 187 Å². The van der Waals surface area contributed by atoms with Gasteiger partial charge in [-0.05, 0) is 49.6 Å². The van der Waals surface area contributed by atoms with Gasteiger partial charge in [0, 0.05) is 17.6 Å². The lowest BCUT2D eigenvalue weighted by molar-refractivity contribution is 0.0940. The van der Waals surface area contributed by atoms with E-state index < -0.39 is 0 Å². The van der Waals surface area contributed by atoms with Gasteiger partial charge in [0.1, 0.15) is 5.82 Å². The van der Waals surface area contributed by atoms with Crippen LogP contribution in [0.5, 0.6) is 11.5 Å². The summed E-state index contributed by atoms with van der Waals surface area (Å²) in [5.41, 5.74) is 0.954. The van der Waals surface area contributed by atoms with E-state index in [2.05, 4.69) is 5.32 Å². The predicted molar refractivity (Wildman–Crippen MR) is 123 cm³/mol. The van der Waals surface area contributed by atoms with Crippen molar-refractivity contribution >= 4 is 16.7 Å². The van der Waals surface area contributed by atoms with E-state index in [0.717, 1.165) is 18.4 Å². The third-order valence-corrected chi connectivity index (χ3v) is 5.85. The molecule has 0 fully saturated rings. The van der Waals surface area contributed by atoms with E-state index in [4.69, 9.17) is 9.47 Å². The Balaban J connectivity index is 2.16. The first-order valence-electron chi connectivity index (χ1n) is 10.7. The van der Waals surface area contributed by atoms with Crippen LogP contribution in [0.3, 0.4) is 0 Å². The minimum absolute atomic E-state index is 0.0407. The molecule has 32 heavy (non-hydrogen) atoms. The zero-order valence-corrected chi connectivity index (χ0v) is 19.1. The average molecular weight is 441 g/mol. The molecule has 1 heterocycles. The Bertz CT molecular complexity index is 1170. The van der Waals surface area contributed by atoms with Crippen LogP contribution in [0.1, 0.15) is 61.6 Å². The molecule has 3 aromatic rings. The summed E-state index contributed by atoms with van der Waals surface area (Å²) in [4.78, 5) is 26.7. The van der Waals surface area contributed by atoms with Crippen molar-refractivity contribution in [3.05, 3.63) is 69.9 Å². The SMILES string of the molecule is CCC(CC)n1cc(C(=O)N[C@H](C)c2ccc(F)cc2)c2cc(OC)c(OC)cc2c1=O. The van der Waals surface area contributed by atoms with Gasteiger partial charge < -0.3 is 19.4 Å². The number of benzene rings is 2. The second-order valence-electron chi connectivity index (χ2n) is 7.72. The lowest BCUT2D eigenvalue weighted by Crippen LogP contribution is -2.31. The molecule has 1 atom stereocenters. The summed E-state index contributed by atoms with van der Waals surface area (Å²) in [7, 11) is 3.01. The maximum Gasteiger partial charge on any atom is 0.258 e. The molecule has 1 amide bonds. The number of pyridine rings is 1. The van der Waals surface area contributed by atoms with E-state index in [1.54, 1.807) is 35.0 Å². The summed E-state index contributed by atoms with van der Waals surface area (Å²) >= 11 is 0. The van der Waals surface area contributed by atoms with Crippen molar-refractivity contribution in [3.63, 3.8) is 0 Å². The average Bonchev–Trinajstić information content (AvgIpc) is 2.80. The van der Waals surface area contributed by atoms with Gasteiger partial charge in [-0.25, -0.2) is 4.39 Å². The number of methoxy groups -OCH3 is 2. The number of nitrogens with one attached hydrogen (secondary N) is 1. The number of ether oxygens (including phenoxy) is 2. The van der Waals surface area contributed by atoms with Crippen molar-refractivity contribution < 1.29 is 18.7 Å². The monoisotopic (exact) mass is 440 g/mol. The number of hydrogen-bond donors (Lipinski definition) is 1. The van der Waals surface area contributed by atoms with Crippen LogP contribution in [0.4, 0.5) is 4.39 Å². The molecule has 0 aliphatic heterocycles. The number of carbonyl (C=O) groups excluding carboxylic acids is 1. The second kappa shape index (κ2) is 9.85. The summed E-state index contributed by atoms with van der Waals surface area (Å²) in [6, 6.07) is 8.87. The van der Waals surface area contributed by atoms with Gasteiger partial charge in [-0.1, -0.05) is 26.0 Å². The van der Waals surface area contributed by atoms with Gasteiger partial charge in [0.15, 0.2) is 11.5 Å². The normalized spacial score (nSPS) is 12.1. The Hall–Kier alpha value is -3.35. The first kappa shape index (κ1) is 23.3. The van der Waals surface area contributed by atoms with E-state index >= 15 is 0 Å². The molecule has 0 aliphatic carbocycles. The molecule has 1 aromatic heterocycles. The highest BCUT2D eigenvalue weighted by Crippen LogP contribution is 2.33. The third-order valence-electron chi connectivity index (χ3n) is 5.85. The van der Waals surface area contributed by atoms with E-state index in [1.807, 2.05) is 20.8 Å². The maximum atomic E-state index is 13.4. The lowest BCUT2D eigenvalue weighted by Gasteiger charge is -2.21. The summed E-state index contributed by atoms with van der Waals surface area (Å²) < 4.78 is 25.7. The quantitative estimate of drug-likeness (QED) is 0.535. The van der Waals surface area contributed by atoms with Crippen molar-refractivity contribution in [2.24, 2.45) is 0 Å². The number of nitrogens with zero attached hydrogens (tertiary/aromatic N) is 1. The van der Waals surface area contributed by atoms with Crippen molar-refractivity contribution in [2.45, 2.75) is 45.7 Å². The van der Waals surface area contributed by atoms with Gasteiger partial charge in [-0.15, -0.1) is 0 Å². The molecule has 0 saturated heterocycles. The summed E-state index contributed by atoms with van der Waals surface area (Å²) in [5.74, 6) is 0.182. The van der Waals surface area contributed by atoms with Crippen LogP contribution in [-0.4, -0.2) is 24.7 Å². The molecule has 7 heteroatoms. The zero-order valence-electron chi connectivity index (χ0n) is 19.1. The molecule has 0 unspecified atom stereocenters. The number of amides is 1. The topological polar surface area (TPSA) is 69.6 Å². The fourth-order valence-corrected chi connectivity index (χ4v) is 3.93. The summed E-state index contributed by atoms with van der Waals surface area (Å²) in [6.07, 6.45) is 3.13. The molecule has 0 radical (unpaired) electrons. The highest BCUT2D eigenvalue weighted by atomic mass is 19.1.